The van der Waals surface area contributed by atoms with Gasteiger partial charge in [-0.25, -0.2) is 0 Å². The van der Waals surface area contributed by atoms with Crippen molar-refractivity contribution in [3.63, 3.8) is 0 Å². The van der Waals surface area contributed by atoms with Crippen LogP contribution in [0.15, 0.2) is 10.7 Å². The fourth-order valence-corrected chi connectivity index (χ4v) is 3.27. The lowest BCUT2D eigenvalue weighted by Gasteiger charge is -2.36. The zero-order valence-electron chi connectivity index (χ0n) is 10.3. The minimum atomic E-state index is -0.764. The third-order valence-electron chi connectivity index (χ3n) is 3.63. The molecule has 1 heterocycles. The van der Waals surface area contributed by atoms with Crippen LogP contribution in [-0.2, 0) is 16.9 Å². The second kappa shape index (κ2) is 5.08. The summed E-state index contributed by atoms with van der Waals surface area (Å²) >= 11 is 3.49. The van der Waals surface area contributed by atoms with Gasteiger partial charge in [-0.05, 0) is 48.5 Å². The molecule has 0 saturated heterocycles. The predicted molar refractivity (Wildman–Crippen MR) is 68.8 cm³/mol. The number of hydrogen-bond donors (Lipinski definition) is 1. The predicted octanol–water partition coefficient (Wildman–Crippen LogP) is 2.44. The highest BCUT2D eigenvalue weighted by Crippen LogP contribution is 2.40. The maximum Gasteiger partial charge on any atom is 0.108 e. The van der Waals surface area contributed by atoms with E-state index in [0.29, 0.717) is 0 Å². The number of rotatable bonds is 3. The Bertz CT molecular complexity index is 384. The molecule has 1 fully saturated rings. The lowest BCUT2D eigenvalue weighted by atomic mass is 9.81. The van der Waals surface area contributed by atoms with Crippen LogP contribution < -0.4 is 0 Å². The van der Waals surface area contributed by atoms with E-state index >= 15 is 0 Å². The standard InChI is InChI=1S/C12H19BrN2O2/c1-3-15-11(10(13)8-14-15)12(16)6-4-9(17-2)5-7-12/h8-9,16H,3-7H2,1-2H3. The molecule has 0 atom stereocenters. The van der Waals surface area contributed by atoms with Crippen LogP contribution in [0.2, 0.25) is 0 Å². The topological polar surface area (TPSA) is 47.3 Å². The molecule has 0 radical (unpaired) electrons. The van der Waals surface area contributed by atoms with Crippen LogP contribution in [0.3, 0.4) is 0 Å². The van der Waals surface area contributed by atoms with Gasteiger partial charge in [0.1, 0.15) is 5.60 Å². The van der Waals surface area contributed by atoms with E-state index in [1.165, 1.54) is 0 Å². The van der Waals surface area contributed by atoms with Gasteiger partial charge in [0, 0.05) is 13.7 Å². The number of hydrogen-bond acceptors (Lipinski definition) is 3. The Morgan fingerprint density at radius 3 is 2.76 bits per heavy atom. The van der Waals surface area contributed by atoms with Gasteiger partial charge in [-0.2, -0.15) is 5.10 Å². The van der Waals surface area contributed by atoms with Crippen LogP contribution in [0.4, 0.5) is 0 Å². The molecule has 2 rings (SSSR count). The first-order valence-electron chi connectivity index (χ1n) is 6.07. The molecule has 0 aromatic carbocycles. The van der Waals surface area contributed by atoms with E-state index in [1.807, 2.05) is 11.6 Å². The summed E-state index contributed by atoms with van der Waals surface area (Å²) in [5.41, 5.74) is 0.148. The quantitative estimate of drug-likeness (QED) is 0.933. The molecule has 0 aliphatic heterocycles. The minimum Gasteiger partial charge on any atom is -0.384 e. The van der Waals surface area contributed by atoms with E-state index in [4.69, 9.17) is 4.74 Å². The fraction of sp³-hybridized carbons (Fsp3) is 0.750. The average Bonchev–Trinajstić information content (AvgIpc) is 2.72. The van der Waals surface area contributed by atoms with E-state index in [9.17, 15) is 5.11 Å². The van der Waals surface area contributed by atoms with Crippen LogP contribution in [0.5, 0.6) is 0 Å². The van der Waals surface area contributed by atoms with Crippen LogP contribution >= 0.6 is 15.9 Å². The highest BCUT2D eigenvalue weighted by Gasteiger charge is 2.38. The summed E-state index contributed by atoms with van der Waals surface area (Å²) in [5.74, 6) is 0. The maximum atomic E-state index is 10.8. The van der Waals surface area contributed by atoms with Crippen molar-refractivity contribution >= 4 is 15.9 Å². The zero-order chi connectivity index (χ0) is 12.5. The summed E-state index contributed by atoms with van der Waals surface area (Å²) < 4.78 is 8.12. The smallest absolute Gasteiger partial charge is 0.108 e. The van der Waals surface area contributed by atoms with Crippen molar-refractivity contribution in [2.24, 2.45) is 0 Å². The Hall–Kier alpha value is -0.390. The van der Waals surface area contributed by atoms with Crippen molar-refractivity contribution in [2.45, 2.75) is 50.9 Å². The molecule has 17 heavy (non-hydrogen) atoms. The Labute approximate surface area is 110 Å². The van der Waals surface area contributed by atoms with E-state index in [-0.39, 0.29) is 6.10 Å². The lowest BCUT2D eigenvalue weighted by Crippen LogP contribution is -2.36. The molecule has 0 bridgehead atoms. The second-order valence-corrected chi connectivity index (χ2v) is 5.48. The maximum absolute atomic E-state index is 10.8. The molecule has 0 amide bonds. The molecule has 0 spiro atoms. The van der Waals surface area contributed by atoms with Crippen molar-refractivity contribution in [1.29, 1.82) is 0 Å². The highest BCUT2D eigenvalue weighted by atomic mass is 79.9. The average molecular weight is 303 g/mol. The number of ether oxygens (including phenoxy) is 1. The number of aryl methyl sites for hydroxylation is 1. The van der Waals surface area contributed by atoms with Crippen LogP contribution in [-0.4, -0.2) is 28.1 Å². The van der Waals surface area contributed by atoms with Crippen molar-refractivity contribution in [1.82, 2.24) is 9.78 Å². The number of methoxy groups -OCH3 is 1. The number of aliphatic hydroxyl groups is 1. The van der Waals surface area contributed by atoms with E-state index < -0.39 is 5.60 Å². The number of nitrogens with zero attached hydrogens (tertiary/aromatic N) is 2. The van der Waals surface area contributed by atoms with Gasteiger partial charge in [0.25, 0.3) is 0 Å². The number of aromatic nitrogens is 2. The van der Waals surface area contributed by atoms with Crippen molar-refractivity contribution in [3.8, 4) is 0 Å². The van der Waals surface area contributed by atoms with E-state index in [0.717, 1.165) is 42.4 Å². The first-order chi connectivity index (χ1) is 8.10. The summed E-state index contributed by atoms with van der Waals surface area (Å²) in [6.45, 7) is 2.81. The Kier molecular flexibility index (Phi) is 3.90. The molecule has 4 nitrogen and oxygen atoms in total. The van der Waals surface area contributed by atoms with Crippen molar-refractivity contribution < 1.29 is 9.84 Å². The van der Waals surface area contributed by atoms with Crippen molar-refractivity contribution in [2.75, 3.05) is 7.11 Å². The van der Waals surface area contributed by atoms with E-state index in [2.05, 4.69) is 21.0 Å². The van der Waals surface area contributed by atoms with Gasteiger partial charge < -0.3 is 9.84 Å². The Morgan fingerprint density at radius 1 is 1.59 bits per heavy atom. The monoisotopic (exact) mass is 302 g/mol. The SMILES string of the molecule is CCn1ncc(Br)c1C1(O)CCC(OC)CC1. The lowest BCUT2D eigenvalue weighted by molar-refractivity contribution is -0.0530. The molecule has 1 N–H and O–H groups in total. The molecular weight excluding hydrogens is 284 g/mol. The summed E-state index contributed by atoms with van der Waals surface area (Å²) in [4.78, 5) is 0. The van der Waals surface area contributed by atoms with Gasteiger partial charge in [-0.1, -0.05) is 0 Å². The molecule has 1 aromatic rings. The van der Waals surface area contributed by atoms with Crippen LogP contribution in [0.25, 0.3) is 0 Å². The summed E-state index contributed by atoms with van der Waals surface area (Å²) in [6.07, 6.45) is 5.31. The van der Waals surface area contributed by atoms with Gasteiger partial charge in [-0.15, -0.1) is 0 Å². The molecular formula is C12H19BrN2O2. The molecule has 1 aliphatic carbocycles. The first-order valence-corrected chi connectivity index (χ1v) is 6.87. The van der Waals surface area contributed by atoms with Gasteiger partial charge in [0.05, 0.1) is 22.5 Å². The van der Waals surface area contributed by atoms with Crippen LogP contribution in [0, 0.1) is 0 Å². The second-order valence-electron chi connectivity index (χ2n) is 4.62. The Balaban J connectivity index is 2.24. The van der Waals surface area contributed by atoms with Gasteiger partial charge >= 0.3 is 0 Å². The third kappa shape index (κ3) is 2.41. The van der Waals surface area contributed by atoms with E-state index in [1.54, 1.807) is 13.3 Å². The summed E-state index contributed by atoms with van der Waals surface area (Å²) in [7, 11) is 1.74. The molecule has 96 valence electrons. The Morgan fingerprint density at radius 2 is 2.24 bits per heavy atom. The minimum absolute atomic E-state index is 0.284. The van der Waals surface area contributed by atoms with Crippen molar-refractivity contribution in [3.05, 3.63) is 16.4 Å². The largest absolute Gasteiger partial charge is 0.384 e. The fourth-order valence-electron chi connectivity index (χ4n) is 2.61. The summed E-state index contributed by atoms with van der Waals surface area (Å²) in [6, 6.07) is 0. The normalized spacial score (nSPS) is 29.5. The summed E-state index contributed by atoms with van der Waals surface area (Å²) in [5, 5.41) is 15.1. The molecule has 1 saturated carbocycles. The third-order valence-corrected chi connectivity index (χ3v) is 4.21. The van der Waals surface area contributed by atoms with Crippen LogP contribution in [0.1, 0.15) is 38.3 Å². The molecule has 0 unspecified atom stereocenters. The van der Waals surface area contributed by atoms with Gasteiger partial charge in [-0.3, -0.25) is 4.68 Å². The number of halogens is 1. The molecule has 5 heteroatoms. The molecule has 1 aliphatic rings. The molecule has 1 aromatic heterocycles. The highest BCUT2D eigenvalue weighted by molar-refractivity contribution is 9.10. The first kappa shape index (κ1) is 13.1. The zero-order valence-corrected chi connectivity index (χ0v) is 11.9. The van der Waals surface area contributed by atoms with Gasteiger partial charge in [0.15, 0.2) is 0 Å². The van der Waals surface area contributed by atoms with Gasteiger partial charge in [0.2, 0.25) is 0 Å².